The molecular weight excluding hydrogens is 843 g/mol. The van der Waals surface area contributed by atoms with Crippen LogP contribution >= 0.6 is 7.82 Å². The fraction of sp³-hybridized carbons (Fsp3) is 0.653. The SMILES string of the molecule is CCCCC/C=C\C/C=C\C/C=C\C/C=C\C/C=C\CCC(=O)OC[C@H](COP(=O)(O)OC1[C@H](O)[C@H](O)C(O)[C@H](O)[C@H]1O)OC(=O)CCCCCCC/C=C\C=C\C(=O)CCCCC. The van der Waals surface area contributed by atoms with Crippen LogP contribution in [-0.4, -0.2) is 104 Å². The Bertz CT molecular complexity index is 1500. The number of unbranched alkanes of at least 4 members (excludes halogenated alkanes) is 10. The van der Waals surface area contributed by atoms with Gasteiger partial charge in [-0.2, -0.15) is 0 Å². The van der Waals surface area contributed by atoms with E-state index in [0.717, 1.165) is 77.0 Å². The third kappa shape index (κ3) is 30.0. The minimum absolute atomic E-state index is 0.0213. The number of hydrogen-bond acceptors (Lipinski definition) is 13. The van der Waals surface area contributed by atoms with Gasteiger partial charge in [0.05, 0.1) is 6.61 Å². The highest BCUT2D eigenvalue weighted by Crippen LogP contribution is 2.47. The van der Waals surface area contributed by atoms with Crippen molar-refractivity contribution in [2.45, 2.75) is 191 Å². The highest BCUT2D eigenvalue weighted by molar-refractivity contribution is 7.47. The maximum Gasteiger partial charge on any atom is 0.472 e. The number of allylic oxidation sites excluding steroid dienone is 14. The minimum atomic E-state index is -5.16. The second-order valence-electron chi connectivity index (χ2n) is 15.9. The molecule has 1 aliphatic carbocycles. The lowest BCUT2D eigenvalue weighted by atomic mass is 9.85. The monoisotopic (exact) mass is 923 g/mol. The van der Waals surface area contributed by atoms with Crippen molar-refractivity contribution < 1.29 is 67.9 Å². The van der Waals surface area contributed by atoms with Crippen LogP contribution in [0.15, 0.2) is 85.1 Å². The van der Waals surface area contributed by atoms with Gasteiger partial charge in [0.25, 0.3) is 0 Å². The van der Waals surface area contributed by atoms with Gasteiger partial charge in [0.2, 0.25) is 0 Å². The predicted octanol–water partition coefficient (Wildman–Crippen LogP) is 8.46. The molecule has 64 heavy (non-hydrogen) atoms. The Morgan fingerprint density at radius 3 is 1.62 bits per heavy atom. The molecule has 15 heteroatoms. The van der Waals surface area contributed by atoms with Crippen molar-refractivity contribution in [2.75, 3.05) is 13.2 Å². The van der Waals surface area contributed by atoms with Crippen LogP contribution in [0, 0.1) is 0 Å². The maximum absolute atomic E-state index is 12.8. The minimum Gasteiger partial charge on any atom is -0.462 e. The van der Waals surface area contributed by atoms with Crippen molar-refractivity contribution in [3.05, 3.63) is 85.1 Å². The van der Waals surface area contributed by atoms with Crippen LogP contribution in [0.1, 0.15) is 149 Å². The lowest BCUT2D eigenvalue weighted by Crippen LogP contribution is -2.64. The zero-order valence-corrected chi connectivity index (χ0v) is 39.2. The first-order valence-corrected chi connectivity index (χ1v) is 24.8. The Kier molecular flexibility index (Phi) is 34.7. The van der Waals surface area contributed by atoms with E-state index in [1.807, 2.05) is 30.4 Å². The third-order valence-electron chi connectivity index (χ3n) is 10.2. The predicted molar refractivity (Wildman–Crippen MR) is 249 cm³/mol. The summed E-state index contributed by atoms with van der Waals surface area (Å²) in [6.45, 7) is 3.01. The number of aliphatic hydroxyl groups excluding tert-OH is 5. The van der Waals surface area contributed by atoms with E-state index in [1.54, 1.807) is 12.2 Å². The number of carbonyl (C=O) groups is 3. The second-order valence-corrected chi connectivity index (χ2v) is 17.3. The average Bonchev–Trinajstić information content (AvgIpc) is 3.27. The first-order chi connectivity index (χ1) is 30.8. The molecule has 1 saturated carbocycles. The van der Waals surface area contributed by atoms with Gasteiger partial charge >= 0.3 is 19.8 Å². The molecular formula is C49H79O14P. The normalized spacial score (nSPS) is 22.2. The van der Waals surface area contributed by atoms with Crippen molar-refractivity contribution in [1.82, 2.24) is 0 Å². The summed E-state index contributed by atoms with van der Waals surface area (Å²) in [6, 6.07) is 0. The number of ketones is 1. The van der Waals surface area contributed by atoms with E-state index in [1.165, 1.54) is 19.3 Å². The second kappa shape index (κ2) is 37.9. The molecule has 0 saturated heterocycles. The fourth-order valence-electron chi connectivity index (χ4n) is 6.37. The molecule has 0 bridgehead atoms. The number of rotatable bonds is 37. The van der Waals surface area contributed by atoms with Gasteiger partial charge in [-0.25, -0.2) is 4.57 Å². The molecule has 1 aliphatic rings. The zero-order valence-electron chi connectivity index (χ0n) is 38.3. The van der Waals surface area contributed by atoms with Crippen LogP contribution in [0.25, 0.3) is 0 Å². The largest absolute Gasteiger partial charge is 0.472 e. The van der Waals surface area contributed by atoms with Gasteiger partial charge in [-0.1, -0.05) is 138 Å². The molecule has 3 unspecified atom stereocenters. The molecule has 0 aromatic rings. The molecule has 0 aromatic carbocycles. The molecule has 0 spiro atoms. The van der Waals surface area contributed by atoms with E-state index in [-0.39, 0.29) is 18.6 Å². The van der Waals surface area contributed by atoms with Crippen LogP contribution in [0.5, 0.6) is 0 Å². The lowest BCUT2D eigenvalue weighted by molar-refractivity contribution is -0.220. The van der Waals surface area contributed by atoms with Gasteiger partial charge in [0, 0.05) is 19.3 Å². The highest BCUT2D eigenvalue weighted by Gasteiger charge is 2.51. The molecule has 8 atom stereocenters. The number of esters is 2. The number of phosphoric ester groups is 1. The topological polar surface area (TPSA) is 227 Å². The summed E-state index contributed by atoms with van der Waals surface area (Å²) >= 11 is 0. The standard InChI is InChI=1S/C49H79O14P/c1-3-5-7-8-9-10-11-12-13-14-15-16-17-18-19-22-25-28-32-36-42(51)60-38-41(39-61-64(58,59)63-49-47(56)45(54)44(53)46(55)48(49)57)62-43(52)37-33-29-26-23-20-21-24-27-31-35-40(50)34-30-6-4-2/h9-10,12-13,15-16,18-19,24-25,27-28,31,35,41,44-49,53-57H,3-8,11,14,17,20-23,26,29-30,32-34,36-39H2,1-2H3,(H,58,59)/b10-9-,13-12-,16-15-,19-18-,27-24-,28-25-,35-31+/t41-,44?,45-,46+,47-,48-,49?/m1/s1. The molecule has 14 nitrogen and oxygen atoms in total. The van der Waals surface area contributed by atoms with Gasteiger partial charge in [0.1, 0.15) is 43.2 Å². The van der Waals surface area contributed by atoms with E-state index in [4.69, 9.17) is 18.5 Å². The summed E-state index contributed by atoms with van der Waals surface area (Å²) in [6.07, 6.45) is 32.0. The molecule has 0 amide bonds. The lowest BCUT2D eigenvalue weighted by Gasteiger charge is -2.41. The summed E-state index contributed by atoms with van der Waals surface area (Å²) in [4.78, 5) is 47.5. The van der Waals surface area contributed by atoms with Gasteiger partial charge in [0.15, 0.2) is 11.9 Å². The third-order valence-corrected chi connectivity index (χ3v) is 11.2. The van der Waals surface area contributed by atoms with Crippen LogP contribution < -0.4 is 0 Å². The van der Waals surface area contributed by atoms with E-state index >= 15 is 0 Å². The average molecular weight is 923 g/mol. The Hall–Kier alpha value is -3.30. The molecule has 0 aliphatic heterocycles. The highest BCUT2D eigenvalue weighted by atomic mass is 31.2. The molecule has 0 radical (unpaired) electrons. The van der Waals surface area contributed by atoms with Crippen molar-refractivity contribution >= 4 is 25.5 Å². The zero-order chi connectivity index (χ0) is 47.3. The number of hydrogen-bond donors (Lipinski definition) is 6. The van der Waals surface area contributed by atoms with Crippen molar-refractivity contribution in [2.24, 2.45) is 0 Å². The van der Waals surface area contributed by atoms with E-state index < -0.39 is 75.7 Å². The van der Waals surface area contributed by atoms with Crippen LogP contribution in [0.2, 0.25) is 0 Å². The number of aliphatic hydroxyl groups is 5. The molecule has 0 heterocycles. The van der Waals surface area contributed by atoms with E-state index in [0.29, 0.717) is 25.7 Å². The molecule has 0 aromatic heterocycles. The molecule has 6 N–H and O–H groups in total. The maximum atomic E-state index is 12.8. The molecule has 1 fully saturated rings. The van der Waals surface area contributed by atoms with Crippen LogP contribution in [-0.2, 0) is 37.5 Å². The van der Waals surface area contributed by atoms with E-state index in [2.05, 4.69) is 56.4 Å². The van der Waals surface area contributed by atoms with E-state index in [9.17, 15) is 49.4 Å². The van der Waals surface area contributed by atoms with Crippen molar-refractivity contribution in [3.63, 3.8) is 0 Å². The van der Waals surface area contributed by atoms with Crippen LogP contribution in [0.3, 0.4) is 0 Å². The fourth-order valence-corrected chi connectivity index (χ4v) is 7.34. The Morgan fingerprint density at radius 1 is 0.531 bits per heavy atom. The molecule has 364 valence electrons. The molecule has 1 rings (SSSR count). The summed E-state index contributed by atoms with van der Waals surface area (Å²) in [5, 5.41) is 50.1. The first kappa shape index (κ1) is 58.7. The Balaban J connectivity index is 2.54. The Labute approximate surface area is 382 Å². The quantitative estimate of drug-likeness (QED) is 0.00859. The summed E-state index contributed by atoms with van der Waals surface area (Å²) < 4.78 is 33.4. The first-order valence-electron chi connectivity index (χ1n) is 23.3. The summed E-state index contributed by atoms with van der Waals surface area (Å²) in [5.41, 5.74) is 0. The van der Waals surface area contributed by atoms with Gasteiger partial charge in [-0.05, 0) is 76.7 Å². The van der Waals surface area contributed by atoms with Crippen LogP contribution in [0.4, 0.5) is 0 Å². The van der Waals surface area contributed by atoms with Gasteiger partial charge in [-0.15, -0.1) is 0 Å². The Morgan fingerprint density at radius 2 is 1.02 bits per heavy atom. The van der Waals surface area contributed by atoms with Gasteiger partial charge in [-0.3, -0.25) is 23.4 Å². The number of phosphoric acid groups is 1. The van der Waals surface area contributed by atoms with Crippen molar-refractivity contribution in [1.29, 1.82) is 0 Å². The van der Waals surface area contributed by atoms with Crippen molar-refractivity contribution in [3.8, 4) is 0 Å². The smallest absolute Gasteiger partial charge is 0.462 e. The number of carbonyl (C=O) groups excluding carboxylic acids is 3. The summed E-state index contributed by atoms with van der Waals surface area (Å²) in [7, 11) is -5.16. The number of ether oxygens (including phenoxy) is 2. The van der Waals surface area contributed by atoms with Gasteiger partial charge < -0.3 is 39.9 Å². The summed E-state index contributed by atoms with van der Waals surface area (Å²) in [5.74, 6) is -1.13.